The molecule has 1 heterocycles. The van der Waals surface area contributed by atoms with E-state index in [1.165, 1.54) is 11.9 Å². The number of hydrogen-bond donors (Lipinski definition) is 2. The van der Waals surface area contributed by atoms with Crippen LogP contribution in [0, 0.1) is 0 Å². The van der Waals surface area contributed by atoms with Crippen molar-refractivity contribution in [3.05, 3.63) is 0 Å². The number of hydrogen-bond acceptors (Lipinski definition) is 4. The van der Waals surface area contributed by atoms with Crippen molar-refractivity contribution in [2.45, 2.75) is 20.0 Å². The number of ketones is 1. The predicted molar refractivity (Wildman–Crippen MR) is 43.1 cm³/mol. The van der Waals surface area contributed by atoms with E-state index < -0.39 is 17.9 Å². The van der Waals surface area contributed by atoms with Gasteiger partial charge in [-0.1, -0.05) is 0 Å². The number of carbonyl (C=O) groups is 3. The van der Waals surface area contributed by atoms with Crippen LogP contribution in [0.2, 0.25) is 0 Å². The fourth-order valence-corrected chi connectivity index (χ4v) is 1.07. The molecule has 1 unspecified atom stereocenters. The SMILES string of the molecule is CCN1NC(NC(C)=O)C(=O)C1=O. The van der Waals surface area contributed by atoms with E-state index >= 15 is 0 Å². The number of nitrogens with zero attached hydrogens (tertiary/aromatic N) is 1. The van der Waals surface area contributed by atoms with Crippen molar-refractivity contribution < 1.29 is 14.4 Å². The van der Waals surface area contributed by atoms with Crippen molar-refractivity contribution >= 4 is 17.6 Å². The van der Waals surface area contributed by atoms with Crippen LogP contribution in [0.4, 0.5) is 0 Å². The molecule has 1 rings (SSSR count). The third-order valence-electron chi connectivity index (χ3n) is 1.67. The van der Waals surface area contributed by atoms with Crippen LogP contribution in [0.1, 0.15) is 13.8 Å². The topological polar surface area (TPSA) is 78.5 Å². The molecule has 0 spiro atoms. The van der Waals surface area contributed by atoms with Crippen molar-refractivity contribution in [3.8, 4) is 0 Å². The average Bonchev–Trinajstić information content (AvgIpc) is 2.32. The minimum atomic E-state index is -0.898. The number of rotatable bonds is 2. The van der Waals surface area contributed by atoms with Gasteiger partial charge in [0, 0.05) is 13.5 Å². The first kappa shape index (κ1) is 9.66. The number of nitrogens with one attached hydrogen (secondary N) is 2. The minimum absolute atomic E-state index is 0.350. The van der Waals surface area contributed by atoms with E-state index in [2.05, 4.69) is 10.7 Å². The molecule has 0 saturated carbocycles. The lowest BCUT2D eigenvalue weighted by Gasteiger charge is -2.13. The second-order valence-electron chi connectivity index (χ2n) is 2.68. The molecule has 6 heteroatoms. The average molecular weight is 185 g/mol. The lowest BCUT2D eigenvalue weighted by atomic mass is 10.3. The van der Waals surface area contributed by atoms with Crippen LogP contribution in [0.5, 0.6) is 0 Å². The van der Waals surface area contributed by atoms with Crippen LogP contribution >= 0.6 is 0 Å². The van der Waals surface area contributed by atoms with E-state index in [0.717, 1.165) is 0 Å². The summed E-state index contributed by atoms with van der Waals surface area (Å²) in [6.45, 7) is 3.41. The van der Waals surface area contributed by atoms with Crippen molar-refractivity contribution in [1.82, 2.24) is 15.8 Å². The molecule has 0 aromatic carbocycles. The molecule has 1 atom stereocenters. The highest BCUT2D eigenvalue weighted by molar-refractivity contribution is 6.39. The number of likely N-dealkylation sites (N-methyl/N-ethyl adjacent to an activating group) is 1. The lowest BCUT2D eigenvalue weighted by molar-refractivity contribution is -0.140. The molecule has 6 nitrogen and oxygen atoms in total. The van der Waals surface area contributed by atoms with Crippen LogP contribution in [0.15, 0.2) is 0 Å². The highest BCUT2D eigenvalue weighted by atomic mass is 16.2. The predicted octanol–water partition coefficient (Wildman–Crippen LogP) is -1.62. The maximum atomic E-state index is 11.1. The van der Waals surface area contributed by atoms with Gasteiger partial charge in [-0.3, -0.25) is 19.4 Å². The number of carbonyl (C=O) groups excluding carboxylic acids is 3. The van der Waals surface area contributed by atoms with Gasteiger partial charge in [0.1, 0.15) is 0 Å². The zero-order valence-electron chi connectivity index (χ0n) is 7.46. The van der Waals surface area contributed by atoms with Crippen molar-refractivity contribution in [2.24, 2.45) is 0 Å². The second kappa shape index (κ2) is 3.53. The molecule has 0 aromatic rings. The van der Waals surface area contributed by atoms with Crippen LogP contribution in [0.3, 0.4) is 0 Å². The maximum Gasteiger partial charge on any atom is 0.307 e. The molecule has 0 radical (unpaired) electrons. The Morgan fingerprint density at radius 3 is 2.62 bits per heavy atom. The van der Waals surface area contributed by atoms with Crippen LogP contribution in [-0.4, -0.2) is 35.3 Å². The summed E-state index contributed by atoms with van der Waals surface area (Å²) in [6.07, 6.45) is -0.898. The van der Waals surface area contributed by atoms with Crippen molar-refractivity contribution in [3.63, 3.8) is 0 Å². The number of Topliss-reactive ketones (excluding diaryl/α,β-unsaturated/α-hetero) is 1. The fourth-order valence-electron chi connectivity index (χ4n) is 1.07. The van der Waals surface area contributed by atoms with E-state index in [4.69, 9.17) is 0 Å². The van der Waals surface area contributed by atoms with Gasteiger partial charge in [0.15, 0.2) is 6.17 Å². The summed E-state index contributed by atoms with van der Waals surface area (Å²) in [4.78, 5) is 32.8. The first-order chi connectivity index (χ1) is 6.06. The summed E-state index contributed by atoms with van der Waals surface area (Å²) in [7, 11) is 0. The first-order valence-electron chi connectivity index (χ1n) is 3.95. The summed E-state index contributed by atoms with van der Waals surface area (Å²) < 4.78 is 0. The van der Waals surface area contributed by atoms with E-state index in [1.807, 2.05) is 0 Å². The Labute approximate surface area is 75.2 Å². The van der Waals surface area contributed by atoms with Gasteiger partial charge in [0.05, 0.1) is 0 Å². The van der Waals surface area contributed by atoms with Gasteiger partial charge >= 0.3 is 5.91 Å². The second-order valence-corrected chi connectivity index (χ2v) is 2.68. The first-order valence-corrected chi connectivity index (χ1v) is 3.95. The molecular weight excluding hydrogens is 174 g/mol. The molecule has 1 aliphatic heterocycles. The van der Waals surface area contributed by atoms with E-state index in [9.17, 15) is 14.4 Å². The molecule has 13 heavy (non-hydrogen) atoms. The third kappa shape index (κ3) is 1.83. The van der Waals surface area contributed by atoms with Gasteiger partial charge in [-0.05, 0) is 6.92 Å². The van der Waals surface area contributed by atoms with E-state index in [0.29, 0.717) is 6.54 Å². The normalized spacial score (nSPS) is 22.3. The molecule has 0 aromatic heterocycles. The Balaban J connectivity index is 2.66. The van der Waals surface area contributed by atoms with Gasteiger partial charge in [0.2, 0.25) is 5.91 Å². The number of hydrazine groups is 1. The molecule has 1 aliphatic rings. The van der Waals surface area contributed by atoms with E-state index in [1.54, 1.807) is 6.92 Å². The van der Waals surface area contributed by atoms with Gasteiger partial charge in [-0.15, -0.1) is 0 Å². The number of amides is 2. The zero-order chi connectivity index (χ0) is 10.0. The largest absolute Gasteiger partial charge is 0.333 e. The molecule has 0 bridgehead atoms. The quantitative estimate of drug-likeness (QED) is 0.507. The fraction of sp³-hybridized carbons (Fsp3) is 0.571. The Bertz CT molecular complexity index is 264. The summed E-state index contributed by atoms with van der Waals surface area (Å²) in [5.74, 6) is -1.59. The maximum absolute atomic E-state index is 11.1. The molecule has 2 N–H and O–H groups in total. The highest BCUT2D eigenvalue weighted by Crippen LogP contribution is 2.00. The molecule has 1 fully saturated rings. The Morgan fingerprint density at radius 2 is 2.23 bits per heavy atom. The molecule has 2 amide bonds. The summed E-state index contributed by atoms with van der Waals surface area (Å²) in [5.41, 5.74) is 2.57. The lowest BCUT2D eigenvalue weighted by Crippen LogP contribution is -2.47. The van der Waals surface area contributed by atoms with Crippen molar-refractivity contribution in [1.29, 1.82) is 0 Å². The molecule has 72 valence electrons. The zero-order valence-corrected chi connectivity index (χ0v) is 7.46. The monoisotopic (exact) mass is 185 g/mol. The van der Waals surface area contributed by atoms with Gasteiger partial charge < -0.3 is 5.32 Å². The summed E-state index contributed by atoms with van der Waals surface area (Å²) >= 11 is 0. The van der Waals surface area contributed by atoms with Gasteiger partial charge in [-0.25, -0.2) is 5.43 Å². The third-order valence-corrected chi connectivity index (χ3v) is 1.67. The minimum Gasteiger partial charge on any atom is -0.333 e. The van der Waals surface area contributed by atoms with Gasteiger partial charge in [0.25, 0.3) is 5.78 Å². The Hall–Kier alpha value is -1.43. The standard InChI is InChI=1S/C7H11N3O3/c1-3-10-7(13)5(12)6(9-10)8-4(2)11/h6,9H,3H2,1-2H3,(H,8,11). The van der Waals surface area contributed by atoms with Crippen LogP contribution < -0.4 is 10.7 Å². The summed E-state index contributed by atoms with van der Waals surface area (Å²) in [5, 5.41) is 3.49. The Kier molecular flexibility index (Phi) is 2.62. The Morgan fingerprint density at radius 1 is 1.62 bits per heavy atom. The van der Waals surface area contributed by atoms with Crippen LogP contribution in [-0.2, 0) is 14.4 Å². The smallest absolute Gasteiger partial charge is 0.307 e. The van der Waals surface area contributed by atoms with Crippen LogP contribution in [0.25, 0.3) is 0 Å². The summed E-state index contributed by atoms with van der Waals surface area (Å²) in [6, 6.07) is 0. The van der Waals surface area contributed by atoms with Gasteiger partial charge in [-0.2, -0.15) is 0 Å². The molecule has 0 aliphatic carbocycles. The molecular formula is C7H11N3O3. The molecule has 1 saturated heterocycles. The highest BCUT2D eigenvalue weighted by Gasteiger charge is 2.38. The van der Waals surface area contributed by atoms with Crippen molar-refractivity contribution in [2.75, 3.05) is 6.54 Å². The van der Waals surface area contributed by atoms with E-state index in [-0.39, 0.29) is 5.91 Å².